The van der Waals surface area contributed by atoms with Crippen molar-refractivity contribution in [2.24, 2.45) is 0 Å². The molecular weight excluding hydrogens is 251 g/mol. The van der Waals surface area contributed by atoms with Gasteiger partial charge in [0.2, 0.25) is 0 Å². The van der Waals surface area contributed by atoms with Crippen molar-refractivity contribution in [3.8, 4) is 0 Å². The zero-order valence-corrected chi connectivity index (χ0v) is 14.0. The number of aliphatic hydroxyl groups is 1. The minimum absolute atomic E-state index is 0. The normalized spacial score (nSPS) is 15.1. The van der Waals surface area contributed by atoms with E-state index in [1.54, 1.807) is 0 Å². The van der Waals surface area contributed by atoms with Crippen LogP contribution in [0.4, 0.5) is 0 Å². The van der Waals surface area contributed by atoms with Crippen LogP contribution >= 0.6 is 0 Å². The van der Waals surface area contributed by atoms with Crippen LogP contribution in [0.1, 0.15) is 58.8 Å². The summed E-state index contributed by atoms with van der Waals surface area (Å²) in [5.41, 5.74) is 0. The molecule has 0 bridgehead atoms. The minimum atomic E-state index is -4.10. The SMILES string of the molecule is CCC(O)CCCCCCC(C)S(=O)(=O)[O-].[Na+]. The van der Waals surface area contributed by atoms with Crippen molar-refractivity contribution >= 4 is 10.1 Å². The van der Waals surface area contributed by atoms with Crippen molar-refractivity contribution in [3.05, 3.63) is 0 Å². The molecule has 0 spiro atoms. The maximum Gasteiger partial charge on any atom is 1.00 e. The van der Waals surface area contributed by atoms with Crippen molar-refractivity contribution < 1.29 is 47.6 Å². The third-order valence-corrected chi connectivity index (χ3v) is 4.08. The van der Waals surface area contributed by atoms with E-state index in [-0.39, 0.29) is 35.7 Å². The fraction of sp³-hybridized carbons (Fsp3) is 1.00. The number of hydrogen-bond donors (Lipinski definition) is 1. The molecule has 0 saturated heterocycles. The molecule has 0 aliphatic carbocycles. The predicted octanol–water partition coefficient (Wildman–Crippen LogP) is -0.964. The van der Waals surface area contributed by atoms with Crippen molar-refractivity contribution in [1.82, 2.24) is 0 Å². The Morgan fingerprint density at radius 1 is 1.12 bits per heavy atom. The summed E-state index contributed by atoms with van der Waals surface area (Å²) in [7, 11) is -4.10. The molecule has 0 fully saturated rings. The van der Waals surface area contributed by atoms with E-state index in [1.165, 1.54) is 6.92 Å². The summed E-state index contributed by atoms with van der Waals surface area (Å²) >= 11 is 0. The molecule has 0 heterocycles. The van der Waals surface area contributed by atoms with Gasteiger partial charge in [-0.25, -0.2) is 8.42 Å². The van der Waals surface area contributed by atoms with Crippen LogP contribution in [-0.2, 0) is 10.1 Å². The van der Waals surface area contributed by atoms with Gasteiger partial charge in [0.25, 0.3) is 0 Å². The first-order valence-corrected chi connectivity index (χ1v) is 7.47. The van der Waals surface area contributed by atoms with E-state index >= 15 is 0 Å². The molecule has 4 nitrogen and oxygen atoms in total. The van der Waals surface area contributed by atoms with E-state index in [2.05, 4.69) is 0 Å². The fourth-order valence-electron chi connectivity index (χ4n) is 1.51. The van der Waals surface area contributed by atoms with Gasteiger partial charge >= 0.3 is 29.6 Å². The molecule has 0 aliphatic heterocycles. The van der Waals surface area contributed by atoms with E-state index in [0.29, 0.717) is 6.42 Å². The third-order valence-electron chi connectivity index (χ3n) is 2.86. The van der Waals surface area contributed by atoms with Gasteiger partial charge in [0.05, 0.1) is 16.2 Å². The Hall–Kier alpha value is 0.870. The van der Waals surface area contributed by atoms with Gasteiger partial charge in [-0.15, -0.1) is 0 Å². The van der Waals surface area contributed by atoms with Gasteiger partial charge in [-0.05, 0) is 26.2 Å². The number of rotatable bonds is 9. The van der Waals surface area contributed by atoms with E-state index in [0.717, 1.165) is 38.5 Å². The molecule has 98 valence electrons. The van der Waals surface area contributed by atoms with Gasteiger partial charge in [-0.1, -0.05) is 32.6 Å². The Labute approximate surface area is 127 Å². The number of unbranched alkanes of at least 4 members (excludes halogenated alkanes) is 3. The van der Waals surface area contributed by atoms with Crippen LogP contribution in [0.25, 0.3) is 0 Å². The standard InChI is InChI=1S/C11H24O4S.Na/c1-3-11(12)9-7-5-4-6-8-10(2)16(13,14)15;/h10-12H,3-9H2,1-2H3,(H,13,14,15);/q;+1/p-1. The monoisotopic (exact) mass is 274 g/mol. The molecule has 0 amide bonds. The van der Waals surface area contributed by atoms with Gasteiger partial charge in [-0.3, -0.25) is 0 Å². The zero-order chi connectivity index (χ0) is 12.6. The van der Waals surface area contributed by atoms with Gasteiger partial charge < -0.3 is 9.66 Å². The van der Waals surface area contributed by atoms with Crippen LogP contribution in [0.15, 0.2) is 0 Å². The maximum atomic E-state index is 10.6. The second kappa shape index (κ2) is 10.8. The van der Waals surface area contributed by atoms with E-state index in [1.807, 2.05) is 6.92 Å². The van der Waals surface area contributed by atoms with Crippen molar-refractivity contribution in [2.75, 3.05) is 0 Å². The van der Waals surface area contributed by atoms with Crippen molar-refractivity contribution in [1.29, 1.82) is 0 Å². The van der Waals surface area contributed by atoms with Crippen LogP contribution in [-0.4, -0.2) is 29.4 Å². The average Bonchev–Trinajstić information content (AvgIpc) is 2.20. The first-order valence-electron chi connectivity index (χ1n) is 6.00. The topological polar surface area (TPSA) is 77.4 Å². The van der Waals surface area contributed by atoms with Crippen molar-refractivity contribution in [3.63, 3.8) is 0 Å². The molecule has 0 aromatic carbocycles. The summed E-state index contributed by atoms with van der Waals surface area (Å²) in [4.78, 5) is 0. The summed E-state index contributed by atoms with van der Waals surface area (Å²) in [5, 5.41) is 8.52. The molecule has 0 saturated carbocycles. The van der Waals surface area contributed by atoms with E-state index in [9.17, 15) is 18.1 Å². The Morgan fingerprint density at radius 3 is 2.00 bits per heavy atom. The van der Waals surface area contributed by atoms with Crippen molar-refractivity contribution in [2.45, 2.75) is 70.1 Å². The summed E-state index contributed by atoms with van der Waals surface area (Å²) in [6.45, 7) is 3.41. The molecule has 0 aromatic heterocycles. The van der Waals surface area contributed by atoms with Gasteiger partial charge in [-0.2, -0.15) is 0 Å². The van der Waals surface area contributed by atoms with Gasteiger partial charge in [0, 0.05) is 5.25 Å². The second-order valence-electron chi connectivity index (χ2n) is 4.36. The molecule has 6 heteroatoms. The number of aliphatic hydroxyl groups excluding tert-OH is 1. The average molecular weight is 274 g/mol. The second-order valence-corrected chi connectivity index (χ2v) is 6.15. The molecule has 17 heavy (non-hydrogen) atoms. The first-order chi connectivity index (χ1) is 7.38. The van der Waals surface area contributed by atoms with Crippen LogP contribution in [0.3, 0.4) is 0 Å². The molecule has 0 radical (unpaired) electrons. The molecule has 2 atom stereocenters. The smallest absolute Gasteiger partial charge is 0.748 e. The zero-order valence-electron chi connectivity index (χ0n) is 11.2. The van der Waals surface area contributed by atoms with Gasteiger partial charge in [0.15, 0.2) is 0 Å². The summed E-state index contributed by atoms with van der Waals surface area (Å²) in [5.74, 6) is 0. The molecule has 0 aromatic rings. The minimum Gasteiger partial charge on any atom is -0.748 e. The molecule has 0 aliphatic rings. The maximum absolute atomic E-state index is 10.6. The fourth-order valence-corrected chi connectivity index (χ4v) is 1.97. The summed E-state index contributed by atoms with van der Waals surface area (Å²) in [6.07, 6.45) is 5.48. The summed E-state index contributed by atoms with van der Waals surface area (Å²) < 4.78 is 31.8. The Bertz CT molecular complexity index is 267. The first kappa shape index (κ1) is 20.2. The van der Waals surface area contributed by atoms with Crippen LogP contribution < -0.4 is 29.6 Å². The van der Waals surface area contributed by atoms with E-state index in [4.69, 9.17) is 0 Å². The number of hydrogen-bond acceptors (Lipinski definition) is 4. The van der Waals surface area contributed by atoms with Crippen LogP contribution in [0.2, 0.25) is 0 Å². The molecule has 1 N–H and O–H groups in total. The van der Waals surface area contributed by atoms with E-state index < -0.39 is 15.4 Å². The molecular formula is C11H23NaO4S. The Morgan fingerprint density at radius 2 is 1.59 bits per heavy atom. The Balaban J connectivity index is 0. The quantitative estimate of drug-likeness (QED) is 0.333. The molecule has 2 unspecified atom stereocenters. The molecule has 0 rings (SSSR count). The largest absolute Gasteiger partial charge is 1.00 e. The Kier molecular flexibility index (Phi) is 12.8. The van der Waals surface area contributed by atoms with Gasteiger partial charge in [0.1, 0.15) is 0 Å². The summed E-state index contributed by atoms with van der Waals surface area (Å²) in [6, 6.07) is 0. The third kappa shape index (κ3) is 11.7. The van der Waals surface area contributed by atoms with Crippen LogP contribution in [0.5, 0.6) is 0 Å². The van der Waals surface area contributed by atoms with Crippen LogP contribution in [0, 0.1) is 0 Å². The predicted molar refractivity (Wildman–Crippen MR) is 63.2 cm³/mol.